The van der Waals surface area contributed by atoms with E-state index in [-0.39, 0.29) is 5.91 Å². The molecule has 2 rings (SSSR count). The van der Waals surface area contributed by atoms with Crippen LogP contribution < -0.4 is 5.73 Å². The van der Waals surface area contributed by atoms with Crippen LogP contribution >= 0.6 is 0 Å². The first-order valence-corrected chi connectivity index (χ1v) is 6.73. The zero-order chi connectivity index (χ0) is 13.1. The first-order valence-electron chi connectivity index (χ1n) is 6.73. The number of amides is 1. The van der Waals surface area contributed by atoms with E-state index in [0.29, 0.717) is 5.69 Å². The zero-order valence-electron chi connectivity index (χ0n) is 11.3. The molecule has 0 spiro atoms. The lowest BCUT2D eigenvalue weighted by Gasteiger charge is -2.21. The number of benzene rings is 1. The summed E-state index contributed by atoms with van der Waals surface area (Å²) in [5.41, 5.74) is 8.20. The van der Waals surface area contributed by atoms with Gasteiger partial charge >= 0.3 is 0 Å². The van der Waals surface area contributed by atoms with Crippen molar-refractivity contribution in [1.29, 1.82) is 0 Å². The SMILES string of the molecule is Cc1ccc(N)cc1C(=O)N1CCCC(C)CC1. The summed E-state index contributed by atoms with van der Waals surface area (Å²) in [6.45, 7) is 5.97. The van der Waals surface area contributed by atoms with E-state index < -0.39 is 0 Å². The molecule has 1 fully saturated rings. The Kier molecular flexibility index (Phi) is 3.90. The fourth-order valence-electron chi connectivity index (χ4n) is 2.51. The predicted octanol–water partition coefficient (Wildman–Crippen LogP) is 2.84. The number of hydrogen-bond donors (Lipinski definition) is 1. The summed E-state index contributed by atoms with van der Waals surface area (Å²) in [4.78, 5) is 14.5. The molecule has 18 heavy (non-hydrogen) atoms. The first-order chi connectivity index (χ1) is 8.58. The topological polar surface area (TPSA) is 46.3 Å². The number of rotatable bonds is 1. The first kappa shape index (κ1) is 12.9. The van der Waals surface area contributed by atoms with Crippen LogP contribution in [0.1, 0.15) is 42.1 Å². The van der Waals surface area contributed by atoms with Crippen LogP contribution in [-0.2, 0) is 0 Å². The highest BCUT2D eigenvalue weighted by atomic mass is 16.2. The Hall–Kier alpha value is -1.51. The maximum absolute atomic E-state index is 12.5. The highest BCUT2D eigenvalue weighted by molar-refractivity contribution is 5.96. The Morgan fingerprint density at radius 1 is 1.33 bits per heavy atom. The number of aryl methyl sites for hydroxylation is 1. The van der Waals surface area contributed by atoms with E-state index in [0.717, 1.165) is 43.0 Å². The van der Waals surface area contributed by atoms with Gasteiger partial charge in [-0.15, -0.1) is 0 Å². The van der Waals surface area contributed by atoms with Gasteiger partial charge < -0.3 is 10.6 Å². The molecule has 1 aromatic rings. The Morgan fingerprint density at radius 2 is 2.11 bits per heavy atom. The van der Waals surface area contributed by atoms with Gasteiger partial charge in [-0.2, -0.15) is 0 Å². The number of likely N-dealkylation sites (tertiary alicyclic amines) is 1. The summed E-state index contributed by atoms with van der Waals surface area (Å²) < 4.78 is 0. The molecule has 0 saturated carbocycles. The van der Waals surface area contributed by atoms with Crippen molar-refractivity contribution < 1.29 is 4.79 Å². The van der Waals surface area contributed by atoms with Crippen molar-refractivity contribution in [2.45, 2.75) is 33.1 Å². The average molecular weight is 246 g/mol. The number of carbonyl (C=O) groups excluding carboxylic acids is 1. The van der Waals surface area contributed by atoms with Gasteiger partial charge in [0.15, 0.2) is 0 Å². The van der Waals surface area contributed by atoms with Crippen LogP contribution in [0.15, 0.2) is 18.2 Å². The minimum Gasteiger partial charge on any atom is -0.399 e. The average Bonchev–Trinajstić information content (AvgIpc) is 2.56. The van der Waals surface area contributed by atoms with Gasteiger partial charge in [-0.25, -0.2) is 0 Å². The molecular weight excluding hydrogens is 224 g/mol. The Bertz CT molecular complexity index is 442. The van der Waals surface area contributed by atoms with E-state index in [1.54, 1.807) is 6.07 Å². The number of nitrogen functional groups attached to an aromatic ring is 1. The molecule has 1 unspecified atom stereocenters. The van der Waals surface area contributed by atoms with Gasteiger partial charge in [-0.1, -0.05) is 13.0 Å². The zero-order valence-corrected chi connectivity index (χ0v) is 11.3. The molecule has 0 bridgehead atoms. The molecular formula is C15H22N2O. The predicted molar refractivity (Wildman–Crippen MR) is 74.5 cm³/mol. The molecule has 0 radical (unpaired) electrons. The quantitative estimate of drug-likeness (QED) is 0.774. The molecule has 3 heteroatoms. The minimum atomic E-state index is 0.133. The minimum absolute atomic E-state index is 0.133. The summed E-state index contributed by atoms with van der Waals surface area (Å²) in [6, 6.07) is 5.56. The molecule has 1 saturated heterocycles. The molecule has 1 aromatic carbocycles. The molecule has 0 aromatic heterocycles. The van der Waals surface area contributed by atoms with Crippen LogP contribution in [0, 0.1) is 12.8 Å². The van der Waals surface area contributed by atoms with Crippen LogP contribution in [-0.4, -0.2) is 23.9 Å². The van der Waals surface area contributed by atoms with Gasteiger partial charge in [-0.05, 0) is 49.8 Å². The van der Waals surface area contributed by atoms with Crippen molar-refractivity contribution >= 4 is 11.6 Å². The summed E-state index contributed by atoms with van der Waals surface area (Å²) in [5.74, 6) is 0.860. The number of hydrogen-bond acceptors (Lipinski definition) is 2. The van der Waals surface area contributed by atoms with Gasteiger partial charge in [0.25, 0.3) is 5.91 Å². The monoisotopic (exact) mass is 246 g/mol. The number of nitrogens with zero attached hydrogens (tertiary/aromatic N) is 1. The lowest BCUT2D eigenvalue weighted by atomic mass is 10.0. The molecule has 98 valence electrons. The second-order valence-electron chi connectivity index (χ2n) is 5.40. The summed E-state index contributed by atoms with van der Waals surface area (Å²) in [6.07, 6.45) is 3.43. The van der Waals surface area contributed by atoms with E-state index in [2.05, 4.69) is 6.92 Å². The van der Waals surface area contributed by atoms with E-state index in [9.17, 15) is 4.79 Å². The summed E-state index contributed by atoms with van der Waals surface area (Å²) >= 11 is 0. The highest BCUT2D eigenvalue weighted by Gasteiger charge is 2.20. The molecule has 3 nitrogen and oxygen atoms in total. The highest BCUT2D eigenvalue weighted by Crippen LogP contribution is 2.20. The summed E-state index contributed by atoms with van der Waals surface area (Å²) in [7, 11) is 0. The number of carbonyl (C=O) groups is 1. The summed E-state index contributed by atoms with van der Waals surface area (Å²) in [5, 5.41) is 0. The third-order valence-corrected chi connectivity index (χ3v) is 3.80. The van der Waals surface area contributed by atoms with Crippen molar-refractivity contribution in [2.24, 2.45) is 5.92 Å². The standard InChI is InChI=1S/C15H22N2O/c1-11-4-3-8-17(9-7-11)15(18)14-10-13(16)6-5-12(14)2/h5-6,10-11H,3-4,7-9,16H2,1-2H3. The smallest absolute Gasteiger partial charge is 0.254 e. The van der Waals surface area contributed by atoms with Crippen LogP contribution in [0.3, 0.4) is 0 Å². The molecule has 2 N–H and O–H groups in total. The van der Waals surface area contributed by atoms with Crippen molar-refractivity contribution in [3.8, 4) is 0 Å². The molecule has 1 amide bonds. The van der Waals surface area contributed by atoms with E-state index in [1.807, 2.05) is 24.0 Å². The molecule has 1 aliphatic heterocycles. The second-order valence-corrected chi connectivity index (χ2v) is 5.40. The maximum atomic E-state index is 12.5. The normalized spacial score (nSPS) is 20.6. The largest absolute Gasteiger partial charge is 0.399 e. The number of anilines is 1. The van der Waals surface area contributed by atoms with Crippen molar-refractivity contribution in [2.75, 3.05) is 18.8 Å². The second kappa shape index (κ2) is 5.42. The van der Waals surface area contributed by atoms with E-state index in [4.69, 9.17) is 5.73 Å². The fourth-order valence-corrected chi connectivity index (χ4v) is 2.51. The van der Waals surface area contributed by atoms with Crippen LogP contribution in [0.2, 0.25) is 0 Å². The lowest BCUT2D eigenvalue weighted by Crippen LogP contribution is -2.32. The fraction of sp³-hybridized carbons (Fsp3) is 0.533. The van der Waals surface area contributed by atoms with Gasteiger partial charge in [-0.3, -0.25) is 4.79 Å². The van der Waals surface area contributed by atoms with E-state index >= 15 is 0 Å². The number of nitrogens with two attached hydrogens (primary N) is 1. The van der Waals surface area contributed by atoms with Gasteiger partial charge in [0.2, 0.25) is 0 Å². The molecule has 1 aliphatic rings. The van der Waals surface area contributed by atoms with Gasteiger partial charge in [0.1, 0.15) is 0 Å². The van der Waals surface area contributed by atoms with Crippen LogP contribution in [0.25, 0.3) is 0 Å². The third kappa shape index (κ3) is 2.84. The van der Waals surface area contributed by atoms with Crippen molar-refractivity contribution in [3.05, 3.63) is 29.3 Å². The lowest BCUT2D eigenvalue weighted by molar-refractivity contribution is 0.0759. The Morgan fingerprint density at radius 3 is 2.89 bits per heavy atom. The van der Waals surface area contributed by atoms with Crippen LogP contribution in [0.5, 0.6) is 0 Å². The van der Waals surface area contributed by atoms with E-state index in [1.165, 1.54) is 6.42 Å². The van der Waals surface area contributed by atoms with Gasteiger partial charge in [0.05, 0.1) is 0 Å². The molecule has 0 aliphatic carbocycles. The Balaban J connectivity index is 2.17. The Labute approximate surface area is 109 Å². The van der Waals surface area contributed by atoms with Crippen LogP contribution in [0.4, 0.5) is 5.69 Å². The molecule has 1 atom stereocenters. The molecule has 1 heterocycles. The van der Waals surface area contributed by atoms with Gasteiger partial charge in [0, 0.05) is 24.3 Å². The van der Waals surface area contributed by atoms with Crippen molar-refractivity contribution in [3.63, 3.8) is 0 Å². The maximum Gasteiger partial charge on any atom is 0.254 e. The third-order valence-electron chi connectivity index (χ3n) is 3.80. The van der Waals surface area contributed by atoms with Crippen molar-refractivity contribution in [1.82, 2.24) is 4.90 Å².